The normalized spacial score (nSPS) is 11.0. The maximum atomic E-state index is 5.78. The Kier molecular flexibility index (Phi) is 12.1. The summed E-state index contributed by atoms with van der Waals surface area (Å²) in [6.45, 7) is 7.12. The Morgan fingerprint density at radius 1 is 0.848 bits per heavy atom. The maximum absolute atomic E-state index is 5.78. The van der Waals surface area contributed by atoms with Gasteiger partial charge in [-0.3, -0.25) is 0 Å². The average Bonchev–Trinajstić information content (AvgIpc) is 2.83. The molecule has 0 aliphatic heterocycles. The van der Waals surface area contributed by atoms with Crippen LogP contribution in [0.5, 0.6) is 17.2 Å². The van der Waals surface area contributed by atoms with E-state index in [0.29, 0.717) is 47.1 Å². The standard InChI is InChI=1S/C24H37N3O5S/c1-7-10-11-12-13-33-24-26-18(23(31-8-2)32-9-3)16-21(27-24)25-17-14-19(28-4)22(30-6)20(15-17)29-5/h14-16,23H,7-13H2,1-6H3,(H,25,26,27). The molecule has 0 saturated carbocycles. The van der Waals surface area contributed by atoms with Crippen LogP contribution < -0.4 is 19.5 Å². The number of methoxy groups -OCH3 is 3. The molecule has 1 N–H and O–H groups in total. The fourth-order valence-corrected chi connectivity index (χ4v) is 4.07. The third-order valence-corrected chi connectivity index (χ3v) is 5.70. The first-order chi connectivity index (χ1) is 16.1. The van der Waals surface area contributed by atoms with Crippen LogP contribution in [0.4, 0.5) is 11.5 Å². The Morgan fingerprint density at radius 3 is 2.06 bits per heavy atom. The number of thioether (sulfide) groups is 1. The van der Waals surface area contributed by atoms with E-state index in [1.165, 1.54) is 19.3 Å². The molecule has 0 saturated heterocycles. The highest BCUT2D eigenvalue weighted by molar-refractivity contribution is 7.99. The van der Waals surface area contributed by atoms with Gasteiger partial charge in [0.15, 0.2) is 16.7 Å². The summed E-state index contributed by atoms with van der Waals surface area (Å²) in [7, 11) is 4.76. The van der Waals surface area contributed by atoms with E-state index < -0.39 is 6.29 Å². The Balaban J connectivity index is 2.35. The summed E-state index contributed by atoms with van der Waals surface area (Å²) in [5.74, 6) is 3.24. The number of nitrogens with zero attached hydrogens (tertiary/aromatic N) is 2. The summed E-state index contributed by atoms with van der Waals surface area (Å²) in [6.07, 6.45) is 4.24. The minimum atomic E-state index is -0.553. The monoisotopic (exact) mass is 479 g/mol. The van der Waals surface area contributed by atoms with Crippen LogP contribution in [0.25, 0.3) is 0 Å². The first kappa shape index (κ1) is 27.0. The van der Waals surface area contributed by atoms with E-state index in [2.05, 4.69) is 12.2 Å². The molecule has 0 fully saturated rings. The van der Waals surface area contributed by atoms with Crippen LogP contribution in [0.2, 0.25) is 0 Å². The molecule has 2 aromatic rings. The molecule has 0 atom stereocenters. The van der Waals surface area contributed by atoms with Gasteiger partial charge >= 0.3 is 0 Å². The van der Waals surface area contributed by atoms with Crippen molar-refractivity contribution in [1.82, 2.24) is 9.97 Å². The Bertz CT molecular complexity index is 822. The number of unbranched alkanes of at least 4 members (excludes halogenated alkanes) is 3. The van der Waals surface area contributed by atoms with Crippen LogP contribution in [-0.2, 0) is 9.47 Å². The smallest absolute Gasteiger partial charge is 0.203 e. The number of hydrogen-bond acceptors (Lipinski definition) is 9. The molecule has 0 aliphatic carbocycles. The molecule has 0 amide bonds. The third kappa shape index (κ3) is 8.24. The summed E-state index contributed by atoms with van der Waals surface area (Å²) in [5, 5.41) is 4.03. The van der Waals surface area contributed by atoms with Crippen molar-refractivity contribution in [1.29, 1.82) is 0 Å². The summed E-state index contributed by atoms with van der Waals surface area (Å²) >= 11 is 1.64. The number of anilines is 2. The van der Waals surface area contributed by atoms with Gasteiger partial charge in [0.05, 0.1) is 21.3 Å². The van der Waals surface area contributed by atoms with E-state index in [1.807, 2.05) is 32.0 Å². The van der Waals surface area contributed by atoms with Gasteiger partial charge in [-0.2, -0.15) is 0 Å². The lowest BCUT2D eigenvalue weighted by Crippen LogP contribution is -2.12. The van der Waals surface area contributed by atoms with Crippen molar-refractivity contribution < 1.29 is 23.7 Å². The lowest BCUT2D eigenvalue weighted by atomic mass is 10.2. The van der Waals surface area contributed by atoms with Crippen molar-refractivity contribution in [2.75, 3.05) is 45.6 Å². The zero-order valence-corrected chi connectivity index (χ0v) is 21.4. The Labute approximate surface area is 201 Å². The fourth-order valence-electron chi connectivity index (χ4n) is 3.21. The van der Waals surface area contributed by atoms with Gasteiger partial charge in [-0.1, -0.05) is 37.9 Å². The number of benzene rings is 1. The highest BCUT2D eigenvalue weighted by atomic mass is 32.2. The van der Waals surface area contributed by atoms with Gasteiger partial charge in [-0.25, -0.2) is 9.97 Å². The molecular formula is C24H37N3O5S. The molecule has 1 aromatic heterocycles. The van der Waals surface area contributed by atoms with E-state index in [4.69, 9.17) is 33.7 Å². The highest BCUT2D eigenvalue weighted by Crippen LogP contribution is 2.40. The van der Waals surface area contributed by atoms with Crippen molar-refractivity contribution in [3.8, 4) is 17.2 Å². The first-order valence-corrected chi connectivity index (χ1v) is 12.4. The summed E-state index contributed by atoms with van der Waals surface area (Å²) in [4.78, 5) is 9.44. The zero-order chi connectivity index (χ0) is 24.1. The molecule has 33 heavy (non-hydrogen) atoms. The van der Waals surface area contributed by atoms with E-state index in [1.54, 1.807) is 33.1 Å². The zero-order valence-electron chi connectivity index (χ0n) is 20.6. The number of nitrogens with one attached hydrogen (secondary N) is 1. The fraction of sp³-hybridized carbons (Fsp3) is 0.583. The van der Waals surface area contributed by atoms with Crippen molar-refractivity contribution >= 4 is 23.3 Å². The molecule has 0 bridgehead atoms. The molecule has 1 aromatic carbocycles. The van der Waals surface area contributed by atoms with Gasteiger partial charge in [0.25, 0.3) is 0 Å². The summed E-state index contributed by atoms with van der Waals surface area (Å²) in [6, 6.07) is 5.52. The van der Waals surface area contributed by atoms with Crippen LogP contribution in [0.1, 0.15) is 58.4 Å². The summed E-state index contributed by atoms with van der Waals surface area (Å²) < 4.78 is 27.9. The van der Waals surface area contributed by atoms with Gasteiger partial charge in [-0.05, 0) is 20.3 Å². The van der Waals surface area contributed by atoms with E-state index >= 15 is 0 Å². The average molecular weight is 480 g/mol. The van der Waals surface area contributed by atoms with Crippen molar-refractivity contribution in [2.24, 2.45) is 0 Å². The van der Waals surface area contributed by atoms with Crippen molar-refractivity contribution in [3.63, 3.8) is 0 Å². The largest absolute Gasteiger partial charge is 0.493 e. The molecule has 184 valence electrons. The van der Waals surface area contributed by atoms with E-state index in [-0.39, 0.29) is 0 Å². The van der Waals surface area contributed by atoms with Gasteiger partial charge in [-0.15, -0.1) is 0 Å². The van der Waals surface area contributed by atoms with Crippen LogP contribution in [-0.4, -0.2) is 50.3 Å². The molecule has 2 rings (SSSR count). The predicted octanol–water partition coefficient (Wildman–Crippen LogP) is 5.99. The molecule has 1 heterocycles. The maximum Gasteiger partial charge on any atom is 0.203 e. The minimum absolute atomic E-state index is 0.518. The number of hydrogen-bond donors (Lipinski definition) is 1. The van der Waals surface area contributed by atoms with Crippen LogP contribution in [0.15, 0.2) is 23.4 Å². The first-order valence-electron chi connectivity index (χ1n) is 11.4. The van der Waals surface area contributed by atoms with Crippen LogP contribution in [0, 0.1) is 0 Å². The van der Waals surface area contributed by atoms with Gasteiger partial charge in [0.2, 0.25) is 12.0 Å². The van der Waals surface area contributed by atoms with Crippen LogP contribution >= 0.6 is 11.8 Å². The second-order valence-electron chi connectivity index (χ2n) is 7.15. The molecule has 0 unspecified atom stereocenters. The molecule has 0 spiro atoms. The second-order valence-corrected chi connectivity index (χ2v) is 8.21. The van der Waals surface area contributed by atoms with Gasteiger partial charge in [0.1, 0.15) is 11.5 Å². The van der Waals surface area contributed by atoms with Crippen LogP contribution in [0.3, 0.4) is 0 Å². The quantitative estimate of drug-likeness (QED) is 0.135. The topological polar surface area (TPSA) is 84.0 Å². The lowest BCUT2D eigenvalue weighted by Gasteiger charge is -2.19. The van der Waals surface area contributed by atoms with E-state index in [9.17, 15) is 0 Å². The number of aromatic nitrogens is 2. The molecular weight excluding hydrogens is 442 g/mol. The molecule has 0 radical (unpaired) electrons. The Hall–Kier alpha value is -2.23. The van der Waals surface area contributed by atoms with Gasteiger partial charge < -0.3 is 29.0 Å². The second kappa shape index (κ2) is 14.8. The van der Waals surface area contributed by atoms with Gasteiger partial charge in [0, 0.05) is 42.9 Å². The SMILES string of the molecule is CCCCCCSc1nc(Nc2cc(OC)c(OC)c(OC)c2)cc(C(OCC)OCC)n1. The third-order valence-electron chi connectivity index (χ3n) is 4.77. The number of rotatable bonds is 16. The molecule has 0 aliphatic rings. The van der Waals surface area contributed by atoms with Crippen molar-refractivity contribution in [3.05, 3.63) is 23.9 Å². The lowest BCUT2D eigenvalue weighted by molar-refractivity contribution is -0.142. The Morgan fingerprint density at radius 2 is 1.52 bits per heavy atom. The van der Waals surface area contributed by atoms with Crippen molar-refractivity contribution in [2.45, 2.75) is 57.9 Å². The molecule has 9 heteroatoms. The summed E-state index contributed by atoms with van der Waals surface area (Å²) in [5.41, 5.74) is 1.43. The predicted molar refractivity (Wildman–Crippen MR) is 132 cm³/mol. The number of ether oxygens (including phenoxy) is 5. The minimum Gasteiger partial charge on any atom is -0.493 e. The highest BCUT2D eigenvalue weighted by Gasteiger charge is 2.18. The molecule has 8 nitrogen and oxygen atoms in total. The van der Waals surface area contributed by atoms with E-state index in [0.717, 1.165) is 17.9 Å².